The number of aromatic nitrogens is 1. The number of ether oxygens (including phenoxy) is 1. The van der Waals surface area contributed by atoms with Gasteiger partial charge in [0, 0.05) is 23.6 Å². The number of hydrogen-bond acceptors (Lipinski definition) is 2. The van der Waals surface area contributed by atoms with E-state index in [2.05, 4.69) is 123 Å². The van der Waals surface area contributed by atoms with Crippen LogP contribution in [0.15, 0.2) is 140 Å². The van der Waals surface area contributed by atoms with Crippen LogP contribution in [-0.4, -0.2) is 4.98 Å². The molecule has 0 saturated carbocycles. The molecule has 0 aliphatic heterocycles. The van der Waals surface area contributed by atoms with Crippen molar-refractivity contribution >= 4 is 23.8 Å². The molecule has 202 valence electrons. The van der Waals surface area contributed by atoms with Crippen LogP contribution >= 0.6 is 7.92 Å². The SMILES string of the molecule is [C-]#[O+].[C-]#[O+].[C-]#[O+].[Cr].c1ccc(CO[C@H](c2ccccn2)c2ccccc2P(c2ccccc2)c2ccccc2)cc1. The van der Waals surface area contributed by atoms with Gasteiger partial charge in [-0.1, -0.05) is 121 Å². The van der Waals surface area contributed by atoms with Crippen LogP contribution in [0, 0.1) is 20.0 Å². The average Bonchev–Trinajstić information content (AvgIpc) is 3.07. The van der Waals surface area contributed by atoms with Gasteiger partial charge < -0.3 is 4.74 Å². The van der Waals surface area contributed by atoms with Crippen molar-refractivity contribution in [2.24, 2.45) is 0 Å². The van der Waals surface area contributed by atoms with Gasteiger partial charge in [0.15, 0.2) is 0 Å². The van der Waals surface area contributed by atoms with Gasteiger partial charge in [0.2, 0.25) is 0 Å². The Morgan fingerprint density at radius 3 is 1.56 bits per heavy atom. The molecule has 0 aliphatic carbocycles. The predicted molar refractivity (Wildman–Crippen MR) is 154 cm³/mol. The molecule has 5 rings (SSSR count). The molecule has 1 aromatic heterocycles. The van der Waals surface area contributed by atoms with Crippen molar-refractivity contribution in [2.75, 3.05) is 0 Å². The molecule has 0 aliphatic rings. The molecular formula is C34H26CrNO4P. The number of nitrogens with zero attached hydrogens (tertiary/aromatic N) is 1. The molecule has 4 aromatic carbocycles. The zero-order valence-corrected chi connectivity index (χ0v) is 24.2. The number of pyridine rings is 1. The van der Waals surface area contributed by atoms with E-state index in [1.165, 1.54) is 15.9 Å². The number of rotatable bonds is 8. The first-order valence-electron chi connectivity index (χ1n) is 12.1. The Morgan fingerprint density at radius 2 is 1.05 bits per heavy atom. The van der Waals surface area contributed by atoms with Crippen LogP contribution in [-0.2, 0) is 42.7 Å². The maximum absolute atomic E-state index is 7.50. The van der Waals surface area contributed by atoms with Crippen LogP contribution < -0.4 is 15.9 Å². The Bertz CT molecular complexity index is 1390. The van der Waals surface area contributed by atoms with Crippen molar-refractivity contribution in [1.29, 1.82) is 0 Å². The molecule has 0 saturated heterocycles. The molecule has 0 bridgehead atoms. The Balaban J connectivity index is 0.00000113. The third kappa shape index (κ3) is 10.3. The Morgan fingerprint density at radius 1 is 0.585 bits per heavy atom. The average molecular weight is 596 g/mol. The third-order valence-corrected chi connectivity index (χ3v) is 8.22. The Labute approximate surface area is 253 Å². The summed E-state index contributed by atoms with van der Waals surface area (Å²) in [7, 11) is -0.762. The summed E-state index contributed by atoms with van der Waals surface area (Å²) in [5.41, 5.74) is 3.23. The minimum atomic E-state index is -0.762. The van der Waals surface area contributed by atoms with Crippen molar-refractivity contribution in [2.45, 2.75) is 12.7 Å². The molecule has 7 heteroatoms. The molecule has 1 heterocycles. The zero-order valence-electron chi connectivity index (χ0n) is 22.0. The van der Waals surface area contributed by atoms with Gasteiger partial charge in [0.05, 0.1) is 12.3 Å². The van der Waals surface area contributed by atoms with E-state index in [1.54, 1.807) is 0 Å². The maximum atomic E-state index is 7.50. The summed E-state index contributed by atoms with van der Waals surface area (Å²) in [5, 5.41) is 3.93. The first kappa shape index (κ1) is 35.2. The van der Waals surface area contributed by atoms with Gasteiger partial charge in [-0.25, -0.2) is 0 Å². The smallest absolute Gasteiger partial charge is 0.126 e. The van der Waals surface area contributed by atoms with Crippen LogP contribution in [0.1, 0.15) is 22.9 Å². The summed E-state index contributed by atoms with van der Waals surface area (Å²) in [5.74, 6) is 0. The van der Waals surface area contributed by atoms with E-state index in [0.717, 1.165) is 16.8 Å². The molecule has 0 fully saturated rings. The minimum absolute atomic E-state index is 0. The van der Waals surface area contributed by atoms with Crippen molar-refractivity contribution in [3.8, 4) is 0 Å². The number of hydrogen-bond donors (Lipinski definition) is 0. The Kier molecular flexibility index (Phi) is 18.0. The molecule has 41 heavy (non-hydrogen) atoms. The first-order chi connectivity index (χ1) is 19.9. The summed E-state index contributed by atoms with van der Waals surface area (Å²) in [6.45, 7) is 14.0. The summed E-state index contributed by atoms with van der Waals surface area (Å²) < 4.78 is 29.1. The van der Waals surface area contributed by atoms with Gasteiger partial charge in [-0.15, -0.1) is 0 Å². The summed E-state index contributed by atoms with van der Waals surface area (Å²) in [4.78, 5) is 4.70. The largest absolute Gasteiger partial charge is 0.362 e. The Hall–Kier alpha value is -3.83. The quantitative estimate of drug-likeness (QED) is 0.125. The van der Waals surface area contributed by atoms with Crippen LogP contribution in [0.2, 0.25) is 0 Å². The fourth-order valence-electron chi connectivity index (χ4n) is 4.11. The van der Waals surface area contributed by atoms with Gasteiger partial charge in [0.1, 0.15) is 6.10 Å². The summed E-state index contributed by atoms with van der Waals surface area (Å²) in [6, 6.07) is 46.6. The van der Waals surface area contributed by atoms with Gasteiger partial charge in [0.25, 0.3) is 0 Å². The van der Waals surface area contributed by atoms with Crippen LogP contribution in [0.3, 0.4) is 0 Å². The zero-order chi connectivity index (χ0) is 29.0. The van der Waals surface area contributed by atoms with E-state index in [0.29, 0.717) is 6.61 Å². The summed E-state index contributed by atoms with van der Waals surface area (Å²) in [6.07, 6.45) is 1.57. The van der Waals surface area contributed by atoms with Crippen molar-refractivity contribution < 1.29 is 36.1 Å². The molecule has 5 aromatic rings. The molecule has 0 amide bonds. The molecule has 0 radical (unpaired) electrons. The van der Waals surface area contributed by atoms with E-state index in [4.69, 9.17) is 23.7 Å². The van der Waals surface area contributed by atoms with Gasteiger partial charge in [-0.05, 0) is 47.1 Å². The van der Waals surface area contributed by atoms with E-state index in [-0.39, 0.29) is 23.5 Å². The molecule has 1 atom stereocenters. The van der Waals surface area contributed by atoms with E-state index in [9.17, 15) is 0 Å². The molecular weight excluding hydrogens is 569 g/mol. The molecule has 5 nitrogen and oxygen atoms in total. The topological polar surface area (TPSA) is 81.8 Å². The van der Waals surface area contributed by atoms with Crippen molar-refractivity contribution in [3.05, 3.63) is 176 Å². The fourth-order valence-corrected chi connectivity index (χ4v) is 6.59. The summed E-state index contributed by atoms with van der Waals surface area (Å²) >= 11 is 0. The van der Waals surface area contributed by atoms with Crippen LogP contribution in [0.5, 0.6) is 0 Å². The normalized spacial score (nSPS) is 10.0. The minimum Gasteiger partial charge on any atom is -0.362 e. The van der Waals surface area contributed by atoms with E-state index >= 15 is 0 Å². The van der Waals surface area contributed by atoms with Crippen LogP contribution in [0.25, 0.3) is 0 Å². The van der Waals surface area contributed by atoms with Crippen molar-refractivity contribution in [3.63, 3.8) is 0 Å². The second-order valence-electron chi connectivity index (χ2n) is 8.00. The van der Waals surface area contributed by atoms with Crippen LogP contribution in [0.4, 0.5) is 0 Å². The second kappa shape index (κ2) is 21.0. The van der Waals surface area contributed by atoms with E-state index in [1.807, 2.05) is 36.5 Å². The molecule has 0 unspecified atom stereocenters. The fraction of sp³-hybridized carbons (Fsp3) is 0.0588. The van der Waals surface area contributed by atoms with Gasteiger partial charge >= 0.3 is 33.9 Å². The third-order valence-electron chi connectivity index (χ3n) is 5.70. The predicted octanol–water partition coefficient (Wildman–Crippen LogP) is 6.03. The maximum Gasteiger partial charge on any atom is 0.126 e. The van der Waals surface area contributed by atoms with Crippen molar-refractivity contribution in [1.82, 2.24) is 4.98 Å². The van der Waals surface area contributed by atoms with E-state index < -0.39 is 7.92 Å². The van der Waals surface area contributed by atoms with Gasteiger partial charge in [-0.3, -0.25) is 4.98 Å². The standard InChI is InChI=1S/C31H26NOP.3CO.Cr/c1-4-14-25(15-5-1)24-33-31(29-21-12-13-23-32-29)28-20-10-11-22-30(28)34(26-16-6-2-7-17-26)27-18-8-3-9-19-27;3*1-2;/h1-23,31H,24H2;;;;/t31-;;;;/m0..../s1. The first-order valence-corrected chi connectivity index (χ1v) is 13.4. The van der Waals surface area contributed by atoms with Gasteiger partial charge in [-0.2, -0.15) is 0 Å². The monoisotopic (exact) mass is 595 g/mol. The molecule has 0 N–H and O–H groups in total. The molecule has 0 spiro atoms. The number of benzene rings is 4. The second-order valence-corrected chi connectivity index (χ2v) is 10.2.